The van der Waals surface area contributed by atoms with Gasteiger partial charge in [0.05, 0.1) is 22.4 Å². The fraction of sp³-hybridized carbons (Fsp3) is 0.350. The van der Waals surface area contributed by atoms with Gasteiger partial charge in [0, 0.05) is 24.5 Å². The number of ether oxygens (including phenoxy) is 1. The minimum absolute atomic E-state index is 0.0194. The van der Waals surface area contributed by atoms with Crippen molar-refractivity contribution in [1.82, 2.24) is 10.6 Å². The fourth-order valence-corrected chi connectivity index (χ4v) is 3.92. The lowest BCUT2D eigenvalue weighted by Gasteiger charge is -2.27. The van der Waals surface area contributed by atoms with Crippen molar-refractivity contribution in [2.45, 2.75) is 12.2 Å². The highest BCUT2D eigenvalue weighted by Crippen LogP contribution is 2.22. The van der Waals surface area contributed by atoms with Gasteiger partial charge in [0.15, 0.2) is 0 Å². The number of hydrogen-bond donors (Lipinski definition) is 3. The second-order valence-electron chi connectivity index (χ2n) is 7.00. The van der Waals surface area contributed by atoms with Gasteiger partial charge in [0.25, 0.3) is 11.8 Å². The Morgan fingerprint density at radius 3 is 2.52 bits per heavy atom. The second-order valence-corrected chi connectivity index (χ2v) is 8.71. The van der Waals surface area contributed by atoms with Crippen molar-refractivity contribution in [2.24, 2.45) is 0 Å². The number of morpholine rings is 1. The molecule has 8 nitrogen and oxygen atoms in total. The van der Waals surface area contributed by atoms with Crippen LogP contribution < -0.4 is 20.9 Å². The van der Waals surface area contributed by atoms with Crippen LogP contribution in [-0.4, -0.2) is 62.8 Å². The van der Waals surface area contributed by atoms with E-state index in [4.69, 9.17) is 16.3 Å². The van der Waals surface area contributed by atoms with Crippen LogP contribution >= 0.6 is 22.9 Å². The first kappa shape index (κ1) is 25.0. The molecule has 2 heterocycles. The number of amides is 3. The van der Waals surface area contributed by atoms with Gasteiger partial charge in [-0.05, 0) is 36.4 Å². The summed E-state index contributed by atoms with van der Waals surface area (Å²) in [5.74, 6) is -1.52. The largest absolute Gasteiger partial charge is 0.401 e. The number of thiophene rings is 1. The monoisotopic (exact) mass is 504 g/mol. The minimum Gasteiger partial charge on any atom is -0.370 e. The van der Waals surface area contributed by atoms with Crippen LogP contribution in [0.15, 0.2) is 36.4 Å². The molecule has 1 aliphatic heterocycles. The van der Waals surface area contributed by atoms with Crippen molar-refractivity contribution in [3.63, 3.8) is 0 Å². The first-order valence-corrected chi connectivity index (χ1v) is 10.9. The van der Waals surface area contributed by atoms with E-state index in [1.54, 1.807) is 12.1 Å². The third-order valence-corrected chi connectivity index (χ3v) is 5.79. The topological polar surface area (TPSA) is 99.8 Å². The van der Waals surface area contributed by atoms with Crippen LogP contribution in [0.1, 0.15) is 9.67 Å². The van der Waals surface area contributed by atoms with Crippen molar-refractivity contribution in [2.75, 3.05) is 43.1 Å². The number of rotatable bonds is 8. The predicted octanol–water partition coefficient (Wildman–Crippen LogP) is 2.65. The average Bonchev–Trinajstić information content (AvgIpc) is 3.20. The van der Waals surface area contributed by atoms with E-state index in [9.17, 15) is 27.6 Å². The molecule has 1 saturated heterocycles. The molecule has 178 valence electrons. The number of carbonyl (C=O) groups is 3. The van der Waals surface area contributed by atoms with Gasteiger partial charge in [0.1, 0.15) is 12.6 Å². The van der Waals surface area contributed by atoms with Gasteiger partial charge in [-0.25, -0.2) is 0 Å². The van der Waals surface area contributed by atoms with Crippen LogP contribution in [0, 0.1) is 0 Å². The van der Waals surface area contributed by atoms with Crippen molar-refractivity contribution in [3.05, 3.63) is 45.6 Å². The SMILES string of the molecule is O=C(NC[C@@H](NCC(F)(F)F)C(=O)Nc1ccc(N2CCOCC2=O)cc1)c1ccc(Cl)s1. The third kappa shape index (κ3) is 7.42. The summed E-state index contributed by atoms with van der Waals surface area (Å²) in [6.45, 7) is -1.02. The van der Waals surface area contributed by atoms with E-state index < -0.39 is 30.6 Å². The predicted molar refractivity (Wildman–Crippen MR) is 118 cm³/mol. The molecule has 0 unspecified atom stereocenters. The smallest absolute Gasteiger partial charge is 0.370 e. The molecule has 1 aliphatic rings. The minimum atomic E-state index is -4.55. The maximum absolute atomic E-state index is 12.7. The van der Waals surface area contributed by atoms with Gasteiger partial charge in [-0.1, -0.05) is 11.6 Å². The Morgan fingerprint density at radius 1 is 1.18 bits per heavy atom. The summed E-state index contributed by atoms with van der Waals surface area (Å²) < 4.78 is 43.5. The van der Waals surface area contributed by atoms with Crippen LogP contribution in [0.4, 0.5) is 24.5 Å². The number of hydrogen-bond acceptors (Lipinski definition) is 6. The summed E-state index contributed by atoms with van der Waals surface area (Å²) >= 11 is 6.79. The zero-order chi connectivity index (χ0) is 24.0. The first-order chi connectivity index (χ1) is 15.6. The highest BCUT2D eigenvalue weighted by molar-refractivity contribution is 7.18. The first-order valence-electron chi connectivity index (χ1n) is 9.75. The Balaban J connectivity index is 1.63. The number of benzene rings is 1. The Hall–Kier alpha value is -2.67. The van der Waals surface area contributed by atoms with Crippen molar-refractivity contribution < 1.29 is 32.3 Å². The molecular weight excluding hydrogens is 485 g/mol. The Bertz CT molecular complexity index is 1000. The molecule has 1 fully saturated rings. The third-order valence-electron chi connectivity index (χ3n) is 4.56. The molecule has 3 rings (SSSR count). The number of nitrogens with zero attached hydrogens (tertiary/aromatic N) is 1. The molecule has 1 aromatic heterocycles. The number of nitrogens with one attached hydrogen (secondary N) is 3. The molecule has 3 amide bonds. The van der Waals surface area contributed by atoms with Crippen LogP contribution in [-0.2, 0) is 14.3 Å². The number of carbonyl (C=O) groups excluding carboxylic acids is 3. The maximum Gasteiger partial charge on any atom is 0.401 e. The van der Waals surface area contributed by atoms with Crippen LogP contribution in [0.25, 0.3) is 0 Å². The lowest BCUT2D eigenvalue weighted by atomic mass is 10.2. The molecule has 0 saturated carbocycles. The fourth-order valence-electron chi connectivity index (χ4n) is 2.96. The summed E-state index contributed by atoms with van der Waals surface area (Å²) in [7, 11) is 0. The van der Waals surface area contributed by atoms with Crippen molar-refractivity contribution >= 4 is 52.0 Å². The van der Waals surface area contributed by atoms with Crippen molar-refractivity contribution in [1.29, 1.82) is 0 Å². The van der Waals surface area contributed by atoms with E-state index in [1.165, 1.54) is 29.2 Å². The van der Waals surface area contributed by atoms with Gasteiger partial charge >= 0.3 is 6.18 Å². The van der Waals surface area contributed by atoms with E-state index >= 15 is 0 Å². The van der Waals surface area contributed by atoms with Gasteiger partial charge in [0.2, 0.25) is 5.91 Å². The number of halogens is 4. The van der Waals surface area contributed by atoms with E-state index in [0.29, 0.717) is 28.9 Å². The molecule has 1 atom stereocenters. The van der Waals surface area contributed by atoms with E-state index in [-0.39, 0.29) is 23.9 Å². The molecule has 2 aromatic rings. The molecular formula is C20H20ClF3N4O4S. The van der Waals surface area contributed by atoms with Gasteiger partial charge in [-0.15, -0.1) is 11.3 Å². The summed E-state index contributed by atoms with van der Waals surface area (Å²) in [5, 5.41) is 7.08. The Morgan fingerprint density at radius 2 is 1.91 bits per heavy atom. The second kappa shape index (κ2) is 11.0. The quantitative estimate of drug-likeness (QED) is 0.513. The highest BCUT2D eigenvalue weighted by atomic mass is 35.5. The molecule has 0 radical (unpaired) electrons. The maximum atomic E-state index is 12.7. The highest BCUT2D eigenvalue weighted by Gasteiger charge is 2.30. The molecule has 0 aliphatic carbocycles. The van der Waals surface area contributed by atoms with Crippen molar-refractivity contribution in [3.8, 4) is 0 Å². The zero-order valence-corrected chi connectivity index (χ0v) is 18.6. The van der Waals surface area contributed by atoms with Crippen LogP contribution in [0.3, 0.4) is 0 Å². The Labute approximate surface area is 196 Å². The Kier molecular flexibility index (Phi) is 8.30. The van der Waals surface area contributed by atoms with E-state index in [0.717, 1.165) is 11.3 Å². The molecule has 1 aromatic carbocycles. The number of alkyl halides is 3. The normalized spacial score (nSPS) is 15.3. The number of anilines is 2. The lowest BCUT2D eigenvalue weighted by molar-refractivity contribution is -0.130. The average molecular weight is 505 g/mol. The summed E-state index contributed by atoms with van der Waals surface area (Å²) in [6, 6.07) is 7.92. The summed E-state index contributed by atoms with van der Waals surface area (Å²) in [6.07, 6.45) is -4.55. The molecule has 33 heavy (non-hydrogen) atoms. The van der Waals surface area contributed by atoms with E-state index in [2.05, 4.69) is 16.0 Å². The lowest BCUT2D eigenvalue weighted by Crippen LogP contribution is -2.50. The zero-order valence-electron chi connectivity index (χ0n) is 17.1. The van der Waals surface area contributed by atoms with Gasteiger partial charge in [-0.3, -0.25) is 19.7 Å². The summed E-state index contributed by atoms with van der Waals surface area (Å²) in [5.41, 5.74) is 0.926. The van der Waals surface area contributed by atoms with Crippen LogP contribution in [0.2, 0.25) is 4.34 Å². The molecule has 13 heteroatoms. The molecule has 3 N–H and O–H groups in total. The van der Waals surface area contributed by atoms with E-state index in [1.807, 2.05) is 0 Å². The van der Waals surface area contributed by atoms with Gasteiger partial charge in [-0.2, -0.15) is 13.2 Å². The molecule has 0 bridgehead atoms. The summed E-state index contributed by atoms with van der Waals surface area (Å²) in [4.78, 5) is 38.5. The standard InChI is InChI=1S/C20H20ClF3N4O4S/c21-16-6-5-15(33-16)19(31)25-9-14(26-11-20(22,23)24)18(30)27-12-1-3-13(4-2-12)28-7-8-32-10-17(28)29/h1-6,14,26H,7-11H2,(H,25,31)(H,27,30)/t14-/m1/s1. The van der Waals surface area contributed by atoms with Gasteiger partial charge < -0.3 is 20.3 Å². The molecule has 0 spiro atoms. The van der Waals surface area contributed by atoms with Crippen LogP contribution in [0.5, 0.6) is 0 Å².